The molecule has 4 heteroatoms. The molecule has 0 saturated carbocycles. The number of furan rings is 1. The van der Waals surface area contributed by atoms with Crippen molar-refractivity contribution in [1.82, 2.24) is 15.0 Å². The summed E-state index contributed by atoms with van der Waals surface area (Å²) < 4.78 is 6.66. The minimum Gasteiger partial charge on any atom is -0.455 e. The van der Waals surface area contributed by atoms with Crippen molar-refractivity contribution in [2.24, 2.45) is 0 Å². The van der Waals surface area contributed by atoms with Crippen LogP contribution in [0.1, 0.15) is 0 Å². The Bertz CT molecular complexity index is 2900. The van der Waals surface area contributed by atoms with E-state index in [0.29, 0.717) is 17.5 Å². The zero-order chi connectivity index (χ0) is 33.7. The fraction of sp³-hybridized carbons (Fsp3) is 0. The molecule has 8 aromatic carbocycles. The summed E-state index contributed by atoms with van der Waals surface area (Å²) in [6.45, 7) is 0. The lowest BCUT2D eigenvalue weighted by molar-refractivity contribution is 0.673. The Morgan fingerprint density at radius 2 is 0.922 bits per heavy atom. The summed E-state index contributed by atoms with van der Waals surface area (Å²) in [6, 6.07) is 61.0. The van der Waals surface area contributed by atoms with Gasteiger partial charge in [-0.05, 0) is 56.6 Å². The SMILES string of the molecule is c1ccc(-c2nc(-c3ccc(-c4ccc5ccccc5c4)cc3)nc(-c3cccc4oc5c6ccccc6c(-c6ccccc6)cc5c34)n2)cc1. The molecule has 238 valence electrons. The molecule has 10 rings (SSSR count). The van der Waals surface area contributed by atoms with E-state index in [2.05, 4.69) is 133 Å². The number of nitrogens with zero attached hydrogens (tertiary/aromatic N) is 3. The van der Waals surface area contributed by atoms with E-state index in [1.165, 1.54) is 16.3 Å². The Kier molecular flexibility index (Phi) is 6.78. The summed E-state index contributed by atoms with van der Waals surface area (Å²) in [4.78, 5) is 15.3. The molecule has 0 bridgehead atoms. The predicted molar refractivity (Wildman–Crippen MR) is 209 cm³/mol. The zero-order valence-electron chi connectivity index (χ0n) is 27.5. The number of rotatable bonds is 5. The maximum Gasteiger partial charge on any atom is 0.164 e. The molecule has 4 nitrogen and oxygen atoms in total. The summed E-state index contributed by atoms with van der Waals surface area (Å²) >= 11 is 0. The van der Waals surface area contributed by atoms with Crippen LogP contribution >= 0.6 is 0 Å². The van der Waals surface area contributed by atoms with Gasteiger partial charge in [-0.2, -0.15) is 0 Å². The average Bonchev–Trinajstić information content (AvgIpc) is 3.60. The Hall–Kier alpha value is -6.91. The van der Waals surface area contributed by atoms with Crippen LogP contribution in [0.25, 0.3) is 99.9 Å². The maximum absolute atomic E-state index is 6.66. The molecule has 2 heterocycles. The lowest BCUT2D eigenvalue weighted by atomic mass is 9.94. The van der Waals surface area contributed by atoms with E-state index in [-0.39, 0.29) is 0 Å². The summed E-state index contributed by atoms with van der Waals surface area (Å²) in [6.07, 6.45) is 0. The fourth-order valence-electron chi connectivity index (χ4n) is 7.21. The summed E-state index contributed by atoms with van der Waals surface area (Å²) in [7, 11) is 0. The first-order valence-corrected chi connectivity index (χ1v) is 17.1. The van der Waals surface area contributed by atoms with E-state index in [4.69, 9.17) is 19.4 Å². The number of hydrogen-bond donors (Lipinski definition) is 0. The summed E-state index contributed by atoms with van der Waals surface area (Å²) in [5, 5.41) is 6.69. The van der Waals surface area contributed by atoms with E-state index in [1.807, 2.05) is 42.5 Å². The zero-order valence-corrected chi connectivity index (χ0v) is 27.5. The van der Waals surface area contributed by atoms with Crippen molar-refractivity contribution in [2.45, 2.75) is 0 Å². The maximum atomic E-state index is 6.66. The molecule has 0 unspecified atom stereocenters. The average molecular weight is 652 g/mol. The van der Waals surface area contributed by atoms with Crippen molar-refractivity contribution < 1.29 is 4.42 Å². The van der Waals surface area contributed by atoms with Gasteiger partial charge in [-0.15, -0.1) is 0 Å². The number of aromatic nitrogens is 3. The van der Waals surface area contributed by atoms with Crippen molar-refractivity contribution >= 4 is 43.5 Å². The predicted octanol–water partition coefficient (Wildman–Crippen LogP) is 12.4. The molecule has 0 N–H and O–H groups in total. The van der Waals surface area contributed by atoms with Gasteiger partial charge in [-0.1, -0.05) is 158 Å². The number of benzene rings is 8. The lowest BCUT2D eigenvalue weighted by Gasteiger charge is -2.11. The van der Waals surface area contributed by atoms with E-state index < -0.39 is 0 Å². The smallest absolute Gasteiger partial charge is 0.164 e. The Morgan fingerprint density at radius 3 is 1.69 bits per heavy atom. The Labute approximate surface area is 294 Å². The highest BCUT2D eigenvalue weighted by Gasteiger charge is 2.20. The first-order valence-electron chi connectivity index (χ1n) is 17.1. The van der Waals surface area contributed by atoms with Gasteiger partial charge >= 0.3 is 0 Å². The van der Waals surface area contributed by atoms with Crippen LogP contribution in [0.2, 0.25) is 0 Å². The van der Waals surface area contributed by atoms with Crippen LogP contribution in [-0.4, -0.2) is 15.0 Å². The second-order valence-corrected chi connectivity index (χ2v) is 12.8. The molecule has 0 aliphatic rings. The molecule has 10 aromatic rings. The molecule has 0 amide bonds. The molecule has 0 spiro atoms. The van der Waals surface area contributed by atoms with E-state index in [1.54, 1.807) is 0 Å². The van der Waals surface area contributed by atoms with Crippen molar-refractivity contribution in [1.29, 1.82) is 0 Å². The van der Waals surface area contributed by atoms with Gasteiger partial charge in [0.1, 0.15) is 11.2 Å². The van der Waals surface area contributed by atoms with Crippen molar-refractivity contribution in [3.8, 4) is 56.4 Å². The van der Waals surface area contributed by atoms with Crippen LogP contribution in [0.3, 0.4) is 0 Å². The fourth-order valence-corrected chi connectivity index (χ4v) is 7.21. The van der Waals surface area contributed by atoms with Crippen LogP contribution in [0.15, 0.2) is 180 Å². The summed E-state index contributed by atoms with van der Waals surface area (Å²) in [5.41, 5.74) is 9.01. The topological polar surface area (TPSA) is 51.8 Å². The molecule has 0 atom stereocenters. The van der Waals surface area contributed by atoms with E-state index in [0.717, 1.165) is 66.1 Å². The van der Waals surface area contributed by atoms with E-state index in [9.17, 15) is 0 Å². The van der Waals surface area contributed by atoms with Crippen molar-refractivity contribution in [3.63, 3.8) is 0 Å². The second-order valence-electron chi connectivity index (χ2n) is 12.8. The molecule has 0 aliphatic carbocycles. The van der Waals surface area contributed by atoms with Crippen LogP contribution in [0, 0.1) is 0 Å². The van der Waals surface area contributed by atoms with Gasteiger partial charge in [-0.3, -0.25) is 0 Å². The first kappa shape index (κ1) is 29.0. The van der Waals surface area contributed by atoms with Crippen molar-refractivity contribution in [2.75, 3.05) is 0 Å². The van der Waals surface area contributed by atoms with Gasteiger partial charge in [0.2, 0.25) is 0 Å². The van der Waals surface area contributed by atoms with Crippen LogP contribution in [-0.2, 0) is 0 Å². The number of fused-ring (bicyclic) bond motifs is 6. The van der Waals surface area contributed by atoms with Gasteiger partial charge in [0.25, 0.3) is 0 Å². The highest BCUT2D eigenvalue weighted by Crippen LogP contribution is 2.43. The van der Waals surface area contributed by atoms with E-state index >= 15 is 0 Å². The highest BCUT2D eigenvalue weighted by molar-refractivity contribution is 6.21. The monoisotopic (exact) mass is 651 g/mol. The molecule has 51 heavy (non-hydrogen) atoms. The molecule has 0 radical (unpaired) electrons. The molecule has 0 aliphatic heterocycles. The highest BCUT2D eigenvalue weighted by atomic mass is 16.3. The summed E-state index contributed by atoms with van der Waals surface area (Å²) in [5.74, 6) is 1.83. The van der Waals surface area contributed by atoms with Crippen LogP contribution in [0.5, 0.6) is 0 Å². The molecule has 2 aromatic heterocycles. The third-order valence-electron chi connectivity index (χ3n) is 9.72. The van der Waals surface area contributed by atoms with Gasteiger partial charge in [0.15, 0.2) is 17.5 Å². The normalized spacial score (nSPS) is 11.5. The van der Waals surface area contributed by atoms with Crippen molar-refractivity contribution in [3.05, 3.63) is 176 Å². The van der Waals surface area contributed by atoms with Gasteiger partial charge in [-0.25, -0.2) is 15.0 Å². The van der Waals surface area contributed by atoms with Gasteiger partial charge in [0.05, 0.1) is 0 Å². The van der Waals surface area contributed by atoms with Crippen LogP contribution < -0.4 is 0 Å². The molecular weight excluding hydrogens is 623 g/mol. The third-order valence-corrected chi connectivity index (χ3v) is 9.72. The standard InChI is InChI=1S/C47H29N3O/c1-3-13-32(14-4-1)40-29-41-43-39(20-11-21-42(43)51-44(41)38-19-10-9-18-37(38)40)47-49-45(33-15-5-2-6-16-33)48-46(50-47)34-25-22-31(23-26-34)36-27-24-30-12-7-8-17-35(30)28-36/h1-29H. The first-order chi connectivity index (χ1) is 25.3. The molecule has 0 saturated heterocycles. The van der Waals surface area contributed by atoms with Crippen LogP contribution in [0.4, 0.5) is 0 Å². The van der Waals surface area contributed by atoms with Gasteiger partial charge in [0, 0.05) is 32.8 Å². The number of hydrogen-bond acceptors (Lipinski definition) is 4. The second kappa shape index (κ2) is 11.9. The quantitative estimate of drug-likeness (QED) is 0.186. The van der Waals surface area contributed by atoms with Gasteiger partial charge < -0.3 is 4.42 Å². The minimum atomic E-state index is 0.597. The third kappa shape index (κ3) is 5.04. The minimum absolute atomic E-state index is 0.597. The Morgan fingerprint density at radius 1 is 0.333 bits per heavy atom. The Balaban J connectivity index is 1.17. The molecule has 0 fully saturated rings. The largest absolute Gasteiger partial charge is 0.455 e. The lowest BCUT2D eigenvalue weighted by Crippen LogP contribution is -2.00. The molecular formula is C47H29N3O.